The summed E-state index contributed by atoms with van der Waals surface area (Å²) in [5, 5.41) is 0. The molecule has 4 atom stereocenters. The van der Waals surface area contributed by atoms with Crippen LogP contribution in [0.4, 0.5) is 0 Å². The first-order chi connectivity index (χ1) is 12.2. The lowest BCUT2D eigenvalue weighted by atomic mass is 9.57. The highest BCUT2D eigenvalue weighted by Crippen LogP contribution is 2.60. The second-order valence-corrected chi connectivity index (χ2v) is 9.04. The Morgan fingerprint density at radius 3 is 2.72 bits per heavy atom. The molecule has 0 heterocycles. The normalized spacial score (nSPS) is 37.2. The van der Waals surface area contributed by atoms with Crippen molar-refractivity contribution in [1.29, 1.82) is 0 Å². The van der Waals surface area contributed by atoms with Crippen LogP contribution in [0.5, 0.6) is 0 Å². The van der Waals surface area contributed by atoms with E-state index in [2.05, 4.69) is 31.2 Å². The second-order valence-electron chi connectivity index (χ2n) is 9.04. The molecule has 0 aromatic heterocycles. The molecule has 0 radical (unpaired) electrons. The Kier molecular flexibility index (Phi) is 3.55. The third-order valence-corrected chi connectivity index (χ3v) is 7.83. The third kappa shape index (κ3) is 2.39. The van der Waals surface area contributed by atoms with Crippen LogP contribution in [-0.4, -0.2) is 5.78 Å². The highest BCUT2D eigenvalue weighted by atomic mass is 16.1. The highest BCUT2D eigenvalue weighted by Gasteiger charge is 2.49. The predicted molar refractivity (Wildman–Crippen MR) is 101 cm³/mol. The van der Waals surface area contributed by atoms with Crippen LogP contribution >= 0.6 is 0 Å². The molecule has 1 nitrogen and oxygen atoms in total. The van der Waals surface area contributed by atoms with Gasteiger partial charge in [-0.3, -0.25) is 4.79 Å². The van der Waals surface area contributed by atoms with Crippen LogP contribution < -0.4 is 0 Å². The smallest absolute Gasteiger partial charge is 0.163 e. The quantitative estimate of drug-likeness (QED) is 0.618. The molecule has 1 unspecified atom stereocenters. The molecular weight excluding hydrogens is 304 g/mol. The van der Waals surface area contributed by atoms with Crippen molar-refractivity contribution in [3.8, 4) is 0 Å². The van der Waals surface area contributed by atoms with E-state index in [1.807, 2.05) is 12.1 Å². The minimum atomic E-state index is 0.0445. The van der Waals surface area contributed by atoms with Gasteiger partial charge in [-0.15, -0.1) is 0 Å². The summed E-state index contributed by atoms with van der Waals surface area (Å²) in [6.07, 6.45) is 12.3. The maximum Gasteiger partial charge on any atom is 0.163 e. The van der Waals surface area contributed by atoms with Gasteiger partial charge in [-0.05, 0) is 85.0 Å². The number of benzene rings is 1. The van der Waals surface area contributed by atoms with E-state index in [1.165, 1.54) is 49.7 Å². The summed E-state index contributed by atoms with van der Waals surface area (Å²) in [7, 11) is 0. The fraction of sp³-hybridized carbons (Fsp3) is 0.542. The van der Waals surface area contributed by atoms with Gasteiger partial charge in [-0.1, -0.05) is 49.2 Å². The van der Waals surface area contributed by atoms with E-state index >= 15 is 0 Å². The lowest BCUT2D eigenvalue weighted by Crippen LogP contribution is -2.37. The van der Waals surface area contributed by atoms with Crippen LogP contribution in [0.15, 0.2) is 53.1 Å². The molecule has 0 amide bonds. The first-order valence-corrected chi connectivity index (χ1v) is 10.2. The molecule has 1 aromatic carbocycles. The molecule has 1 aromatic rings. The Balaban J connectivity index is 1.54. The summed E-state index contributed by atoms with van der Waals surface area (Å²) in [6, 6.07) is 10.4. The summed E-state index contributed by atoms with van der Waals surface area (Å²) in [6.45, 7) is 2.55. The van der Waals surface area contributed by atoms with Crippen LogP contribution in [0.3, 0.4) is 0 Å². The fourth-order valence-corrected chi connectivity index (χ4v) is 6.49. The second kappa shape index (κ2) is 5.69. The van der Waals surface area contributed by atoms with E-state index < -0.39 is 0 Å². The van der Waals surface area contributed by atoms with Crippen LogP contribution in [0, 0.1) is 17.3 Å². The Labute approximate surface area is 151 Å². The molecule has 130 valence electrons. The van der Waals surface area contributed by atoms with Crippen molar-refractivity contribution in [1.82, 2.24) is 0 Å². The van der Waals surface area contributed by atoms with Crippen LogP contribution in [0.25, 0.3) is 0 Å². The number of rotatable bonds is 1. The zero-order valence-corrected chi connectivity index (χ0v) is 15.3. The molecular formula is C24H28O. The Hall–Kier alpha value is -1.63. The molecule has 0 N–H and O–H groups in total. The molecule has 0 aliphatic heterocycles. The van der Waals surface area contributed by atoms with Gasteiger partial charge in [-0.25, -0.2) is 0 Å². The van der Waals surface area contributed by atoms with Gasteiger partial charge in [0.25, 0.3) is 0 Å². The van der Waals surface area contributed by atoms with E-state index in [0.29, 0.717) is 11.2 Å². The van der Waals surface area contributed by atoms with Crippen molar-refractivity contribution in [3.05, 3.63) is 58.7 Å². The zero-order chi connectivity index (χ0) is 17.0. The van der Waals surface area contributed by atoms with Crippen LogP contribution in [0.2, 0.25) is 0 Å². The molecule has 1 heteroatoms. The fourth-order valence-electron chi connectivity index (χ4n) is 6.49. The maximum atomic E-state index is 12.7. The first-order valence-electron chi connectivity index (χ1n) is 10.2. The van der Waals surface area contributed by atoms with Gasteiger partial charge < -0.3 is 0 Å². The number of hydrogen-bond acceptors (Lipinski definition) is 1. The molecule has 4 aliphatic carbocycles. The van der Waals surface area contributed by atoms with Gasteiger partial charge >= 0.3 is 0 Å². The number of ketones is 1. The highest BCUT2D eigenvalue weighted by molar-refractivity contribution is 5.98. The lowest BCUT2D eigenvalue weighted by molar-refractivity contribution is -0.116. The average Bonchev–Trinajstić information content (AvgIpc) is 3.03. The van der Waals surface area contributed by atoms with Gasteiger partial charge in [0, 0.05) is 0 Å². The monoisotopic (exact) mass is 332 g/mol. The van der Waals surface area contributed by atoms with E-state index in [1.54, 1.807) is 11.1 Å². The van der Waals surface area contributed by atoms with E-state index in [-0.39, 0.29) is 5.92 Å². The molecule has 0 saturated heterocycles. The molecule has 5 rings (SSSR count). The molecule has 2 saturated carbocycles. The van der Waals surface area contributed by atoms with Crippen molar-refractivity contribution in [2.24, 2.45) is 17.3 Å². The number of fused-ring (bicyclic) bond motifs is 4. The minimum absolute atomic E-state index is 0.0445. The van der Waals surface area contributed by atoms with Gasteiger partial charge in [-0.2, -0.15) is 0 Å². The summed E-state index contributed by atoms with van der Waals surface area (Å²) in [5.41, 5.74) is 6.50. The van der Waals surface area contributed by atoms with Crippen LogP contribution in [-0.2, 0) is 4.79 Å². The van der Waals surface area contributed by atoms with Crippen molar-refractivity contribution >= 4 is 5.78 Å². The van der Waals surface area contributed by atoms with Crippen LogP contribution in [0.1, 0.15) is 69.8 Å². The van der Waals surface area contributed by atoms with Gasteiger partial charge in [0.05, 0.1) is 5.92 Å². The third-order valence-electron chi connectivity index (χ3n) is 7.83. The number of carbonyl (C=O) groups is 1. The number of carbonyl (C=O) groups excluding carboxylic acids is 1. The first kappa shape index (κ1) is 15.6. The minimum Gasteiger partial charge on any atom is -0.294 e. The molecule has 25 heavy (non-hydrogen) atoms. The van der Waals surface area contributed by atoms with Gasteiger partial charge in [0.1, 0.15) is 0 Å². The molecule has 2 fully saturated rings. The lowest BCUT2D eigenvalue weighted by Gasteiger charge is -2.47. The van der Waals surface area contributed by atoms with E-state index in [0.717, 1.165) is 24.7 Å². The standard InChI is InChI=1S/C24H28O/c1-24-12-5-8-22(24)19-10-9-17-14-23(25)21(16-6-3-2-4-7-16)15-20(17)18(19)11-13-24/h2-4,6-7,14,19,21-22H,5,8-13,15H2,1H3/t19-,21?,22+,24-/m1/s1. The average molecular weight is 332 g/mol. The Bertz CT molecular complexity index is 769. The summed E-state index contributed by atoms with van der Waals surface area (Å²) < 4.78 is 0. The summed E-state index contributed by atoms with van der Waals surface area (Å²) >= 11 is 0. The largest absolute Gasteiger partial charge is 0.294 e. The Morgan fingerprint density at radius 2 is 1.88 bits per heavy atom. The Morgan fingerprint density at radius 1 is 1.04 bits per heavy atom. The van der Waals surface area contributed by atoms with Crippen molar-refractivity contribution < 1.29 is 4.79 Å². The topological polar surface area (TPSA) is 17.1 Å². The van der Waals surface area contributed by atoms with Gasteiger partial charge in [0.2, 0.25) is 0 Å². The predicted octanol–water partition coefficient (Wildman–Crippen LogP) is 5.98. The molecule has 4 aliphatic rings. The SMILES string of the molecule is C[C@]12CCC[C@H]1[C@@H]1CCC3=CC(=O)C(c4ccccc4)CC3=C1CC2. The summed E-state index contributed by atoms with van der Waals surface area (Å²) in [5.74, 6) is 2.07. The zero-order valence-electron chi connectivity index (χ0n) is 15.3. The van der Waals surface area contributed by atoms with Gasteiger partial charge in [0.15, 0.2) is 5.78 Å². The van der Waals surface area contributed by atoms with Crippen molar-refractivity contribution in [2.75, 3.05) is 0 Å². The van der Waals surface area contributed by atoms with Crippen molar-refractivity contribution in [3.63, 3.8) is 0 Å². The molecule has 0 bridgehead atoms. The van der Waals surface area contributed by atoms with Crippen molar-refractivity contribution in [2.45, 2.75) is 64.2 Å². The number of hydrogen-bond donors (Lipinski definition) is 0. The summed E-state index contributed by atoms with van der Waals surface area (Å²) in [4.78, 5) is 12.7. The molecule has 0 spiro atoms. The maximum absolute atomic E-state index is 12.7. The van der Waals surface area contributed by atoms with E-state index in [4.69, 9.17) is 0 Å². The number of allylic oxidation sites excluding steroid dienone is 4. The van der Waals surface area contributed by atoms with E-state index in [9.17, 15) is 4.79 Å².